The van der Waals surface area contributed by atoms with Gasteiger partial charge in [0.1, 0.15) is 6.04 Å². The van der Waals surface area contributed by atoms with Gasteiger partial charge in [-0.2, -0.15) is 0 Å². The van der Waals surface area contributed by atoms with Crippen LogP contribution in [0.1, 0.15) is 6.92 Å². The van der Waals surface area contributed by atoms with Crippen molar-refractivity contribution in [1.82, 2.24) is 10.3 Å². The molecule has 0 saturated heterocycles. The first kappa shape index (κ1) is 14.5. The summed E-state index contributed by atoms with van der Waals surface area (Å²) in [6.07, 6.45) is 0. The number of aromatic nitrogens is 1. The van der Waals surface area contributed by atoms with Crippen LogP contribution in [0.5, 0.6) is 0 Å². The molecule has 1 amide bonds. The molecule has 6 nitrogen and oxygen atoms in total. The maximum absolute atomic E-state index is 11.8. The van der Waals surface area contributed by atoms with E-state index in [-0.39, 0.29) is 11.9 Å². The monoisotopic (exact) mass is 294 g/mol. The fourth-order valence-electron chi connectivity index (χ4n) is 1.68. The zero-order valence-corrected chi connectivity index (χ0v) is 12.3. The number of benzene rings is 1. The summed E-state index contributed by atoms with van der Waals surface area (Å²) in [5.74, 6) is -0.0826. The summed E-state index contributed by atoms with van der Waals surface area (Å²) in [5.41, 5.74) is 7.31. The number of amides is 1. The first-order chi connectivity index (χ1) is 9.60. The summed E-state index contributed by atoms with van der Waals surface area (Å²) in [6, 6.07) is 5.20. The lowest BCUT2D eigenvalue weighted by atomic mass is 10.3. The molecule has 7 heteroatoms. The minimum Gasteiger partial charge on any atom is -0.399 e. The molecule has 0 aliphatic carbocycles. The van der Waals surface area contributed by atoms with Crippen molar-refractivity contribution in [3.8, 4) is 0 Å². The van der Waals surface area contributed by atoms with E-state index in [0.717, 1.165) is 10.2 Å². The molecule has 2 aromatic rings. The van der Waals surface area contributed by atoms with Gasteiger partial charge in [0.05, 0.1) is 16.8 Å². The van der Waals surface area contributed by atoms with Crippen LogP contribution in [0.25, 0.3) is 10.2 Å². The highest BCUT2D eigenvalue weighted by molar-refractivity contribution is 7.22. The number of ether oxygens (including phenoxy) is 1. The van der Waals surface area contributed by atoms with Crippen molar-refractivity contribution >= 4 is 38.3 Å². The third-order valence-electron chi connectivity index (χ3n) is 2.75. The van der Waals surface area contributed by atoms with Gasteiger partial charge in [-0.05, 0) is 25.1 Å². The predicted molar refractivity (Wildman–Crippen MR) is 82.0 cm³/mol. The highest BCUT2D eigenvalue weighted by atomic mass is 32.1. The second kappa shape index (κ2) is 6.53. The molecule has 2 rings (SSSR count). The Morgan fingerprint density at radius 2 is 2.35 bits per heavy atom. The Hall–Kier alpha value is -1.86. The Labute approximate surface area is 121 Å². The van der Waals surface area contributed by atoms with Crippen LogP contribution in [0.4, 0.5) is 10.8 Å². The zero-order chi connectivity index (χ0) is 14.5. The number of anilines is 2. The topological polar surface area (TPSA) is 89.3 Å². The standard InChI is InChI=1S/C13H18N4O2S/c1-8(12(18)15-5-6-19-2)16-13-17-10-4-3-9(14)7-11(10)20-13/h3-4,7-8H,5-6,14H2,1-2H3,(H,15,18)(H,16,17). The number of carbonyl (C=O) groups is 1. The molecule has 0 radical (unpaired) electrons. The Kier molecular flexibility index (Phi) is 4.75. The number of hydrogen-bond acceptors (Lipinski definition) is 6. The molecule has 0 aliphatic rings. The minimum atomic E-state index is -0.357. The van der Waals surface area contributed by atoms with Crippen LogP contribution in [0.2, 0.25) is 0 Å². The molecule has 1 heterocycles. The number of thiazole rings is 1. The molecule has 4 N–H and O–H groups in total. The molecule has 1 unspecified atom stereocenters. The van der Waals surface area contributed by atoms with Crippen molar-refractivity contribution in [3.05, 3.63) is 18.2 Å². The van der Waals surface area contributed by atoms with Crippen molar-refractivity contribution < 1.29 is 9.53 Å². The first-order valence-corrected chi connectivity index (χ1v) is 7.11. The van der Waals surface area contributed by atoms with E-state index in [4.69, 9.17) is 10.5 Å². The van der Waals surface area contributed by atoms with Gasteiger partial charge in [0.15, 0.2) is 5.13 Å². The second-order valence-electron chi connectivity index (χ2n) is 4.40. The molecule has 108 valence electrons. The Morgan fingerprint density at radius 3 is 3.10 bits per heavy atom. The predicted octanol–water partition coefficient (Wildman–Crippen LogP) is 1.44. The van der Waals surface area contributed by atoms with E-state index in [1.54, 1.807) is 14.0 Å². The van der Waals surface area contributed by atoms with Gasteiger partial charge < -0.3 is 21.1 Å². The van der Waals surface area contributed by atoms with Crippen LogP contribution in [-0.4, -0.2) is 37.2 Å². The molecular weight excluding hydrogens is 276 g/mol. The number of nitrogens with zero attached hydrogens (tertiary/aromatic N) is 1. The van der Waals surface area contributed by atoms with Crippen molar-refractivity contribution in [2.75, 3.05) is 31.3 Å². The minimum absolute atomic E-state index is 0.0826. The number of carbonyl (C=O) groups excluding carboxylic acids is 1. The Morgan fingerprint density at radius 1 is 1.55 bits per heavy atom. The van der Waals surface area contributed by atoms with Gasteiger partial charge in [-0.25, -0.2) is 4.98 Å². The van der Waals surface area contributed by atoms with E-state index in [9.17, 15) is 4.79 Å². The van der Waals surface area contributed by atoms with E-state index in [0.29, 0.717) is 24.0 Å². The van der Waals surface area contributed by atoms with E-state index in [1.165, 1.54) is 11.3 Å². The first-order valence-electron chi connectivity index (χ1n) is 6.29. The van der Waals surface area contributed by atoms with E-state index >= 15 is 0 Å². The number of fused-ring (bicyclic) bond motifs is 1. The van der Waals surface area contributed by atoms with Gasteiger partial charge in [0, 0.05) is 19.3 Å². The lowest BCUT2D eigenvalue weighted by Crippen LogP contribution is -2.38. The van der Waals surface area contributed by atoms with Crippen molar-refractivity contribution in [2.45, 2.75) is 13.0 Å². The number of rotatable bonds is 6. The van der Waals surface area contributed by atoms with Crippen molar-refractivity contribution in [1.29, 1.82) is 0 Å². The number of nitrogen functional groups attached to an aromatic ring is 1. The molecule has 1 aromatic carbocycles. The van der Waals surface area contributed by atoms with Gasteiger partial charge >= 0.3 is 0 Å². The average molecular weight is 294 g/mol. The maximum Gasteiger partial charge on any atom is 0.242 e. The van der Waals surface area contributed by atoms with Gasteiger partial charge in [-0.3, -0.25) is 4.79 Å². The summed E-state index contributed by atoms with van der Waals surface area (Å²) in [4.78, 5) is 16.2. The smallest absolute Gasteiger partial charge is 0.242 e. The van der Waals surface area contributed by atoms with Crippen LogP contribution in [0, 0.1) is 0 Å². The van der Waals surface area contributed by atoms with Crippen LogP contribution >= 0.6 is 11.3 Å². The highest BCUT2D eigenvalue weighted by Crippen LogP contribution is 2.27. The number of methoxy groups -OCH3 is 1. The van der Waals surface area contributed by atoms with Crippen molar-refractivity contribution in [3.63, 3.8) is 0 Å². The van der Waals surface area contributed by atoms with Crippen LogP contribution in [0.15, 0.2) is 18.2 Å². The van der Waals surface area contributed by atoms with E-state index < -0.39 is 0 Å². The molecule has 1 aromatic heterocycles. The summed E-state index contributed by atoms with van der Waals surface area (Å²) >= 11 is 1.48. The quantitative estimate of drug-likeness (QED) is 0.554. The molecule has 0 bridgehead atoms. The molecule has 0 aliphatic heterocycles. The Balaban J connectivity index is 1.98. The largest absolute Gasteiger partial charge is 0.399 e. The molecule has 0 spiro atoms. The third-order valence-corrected chi connectivity index (χ3v) is 3.70. The van der Waals surface area contributed by atoms with Gasteiger partial charge in [0.2, 0.25) is 5.91 Å². The summed E-state index contributed by atoms with van der Waals surface area (Å²) < 4.78 is 5.88. The van der Waals surface area contributed by atoms with Crippen LogP contribution in [0.3, 0.4) is 0 Å². The summed E-state index contributed by atoms with van der Waals surface area (Å²) in [7, 11) is 1.60. The second-order valence-corrected chi connectivity index (χ2v) is 5.43. The van der Waals surface area contributed by atoms with E-state index in [2.05, 4.69) is 15.6 Å². The lowest BCUT2D eigenvalue weighted by molar-refractivity contribution is -0.121. The van der Waals surface area contributed by atoms with Crippen molar-refractivity contribution in [2.24, 2.45) is 0 Å². The van der Waals surface area contributed by atoms with E-state index in [1.807, 2.05) is 18.2 Å². The molecule has 20 heavy (non-hydrogen) atoms. The fraction of sp³-hybridized carbons (Fsp3) is 0.385. The number of nitrogens with two attached hydrogens (primary N) is 1. The lowest BCUT2D eigenvalue weighted by Gasteiger charge is -2.12. The Bertz CT molecular complexity index is 599. The SMILES string of the molecule is COCCNC(=O)C(C)Nc1nc2ccc(N)cc2s1. The zero-order valence-electron chi connectivity index (χ0n) is 11.5. The summed E-state index contributed by atoms with van der Waals surface area (Å²) in [5, 5.41) is 6.58. The fourth-order valence-corrected chi connectivity index (χ4v) is 2.68. The van der Waals surface area contributed by atoms with Gasteiger partial charge in [0.25, 0.3) is 0 Å². The maximum atomic E-state index is 11.8. The third kappa shape index (κ3) is 3.58. The van der Waals surface area contributed by atoms with Gasteiger partial charge in [-0.15, -0.1) is 0 Å². The number of nitrogens with one attached hydrogen (secondary N) is 2. The average Bonchev–Trinajstić information content (AvgIpc) is 2.80. The molecule has 1 atom stereocenters. The highest BCUT2D eigenvalue weighted by Gasteiger charge is 2.14. The van der Waals surface area contributed by atoms with Crippen LogP contribution in [-0.2, 0) is 9.53 Å². The number of hydrogen-bond donors (Lipinski definition) is 3. The van der Waals surface area contributed by atoms with Gasteiger partial charge in [-0.1, -0.05) is 11.3 Å². The molecule has 0 fully saturated rings. The summed E-state index contributed by atoms with van der Waals surface area (Å²) in [6.45, 7) is 2.79. The molecule has 0 saturated carbocycles. The van der Waals surface area contributed by atoms with Crippen LogP contribution < -0.4 is 16.4 Å². The normalized spacial score (nSPS) is 12.3. The molecular formula is C13H18N4O2S.